The Labute approximate surface area is 136 Å². The number of aromatic nitrogens is 3. The van der Waals surface area contributed by atoms with E-state index in [0.717, 1.165) is 5.82 Å². The molecule has 124 valence electrons. The molecule has 6 heteroatoms. The van der Waals surface area contributed by atoms with Gasteiger partial charge < -0.3 is 14.9 Å². The van der Waals surface area contributed by atoms with Crippen LogP contribution in [0.5, 0.6) is 0 Å². The molecule has 0 spiro atoms. The molecule has 0 aromatic carbocycles. The number of ketones is 1. The maximum atomic E-state index is 12.8. The van der Waals surface area contributed by atoms with Crippen molar-refractivity contribution in [2.75, 3.05) is 0 Å². The Hall–Kier alpha value is -2.37. The second-order valence-electron chi connectivity index (χ2n) is 6.27. The fourth-order valence-corrected chi connectivity index (χ4v) is 2.86. The lowest BCUT2D eigenvalue weighted by atomic mass is 10.0. The van der Waals surface area contributed by atoms with E-state index in [0.29, 0.717) is 22.5 Å². The molecule has 0 unspecified atom stereocenters. The highest BCUT2D eigenvalue weighted by Crippen LogP contribution is 2.23. The normalized spacial score (nSPS) is 12.5. The number of H-pyrrole nitrogens is 1. The Morgan fingerprint density at radius 3 is 2.39 bits per heavy atom. The van der Waals surface area contributed by atoms with Crippen LogP contribution in [-0.2, 0) is 7.05 Å². The van der Waals surface area contributed by atoms with Gasteiger partial charge in [0.05, 0.1) is 17.3 Å². The summed E-state index contributed by atoms with van der Waals surface area (Å²) in [5, 5.41) is 3.06. The number of aromatic amines is 1. The van der Waals surface area contributed by atoms with E-state index < -0.39 is 0 Å². The Balaban J connectivity index is 2.34. The van der Waals surface area contributed by atoms with E-state index in [1.54, 1.807) is 20.0 Å². The van der Waals surface area contributed by atoms with E-state index in [4.69, 9.17) is 0 Å². The quantitative estimate of drug-likeness (QED) is 0.832. The molecule has 6 nitrogen and oxygen atoms in total. The Morgan fingerprint density at radius 1 is 1.30 bits per heavy atom. The van der Waals surface area contributed by atoms with Crippen LogP contribution in [0.4, 0.5) is 0 Å². The number of aryl methyl sites for hydroxylation is 2. The van der Waals surface area contributed by atoms with Crippen LogP contribution in [0.1, 0.15) is 64.7 Å². The number of carbonyl (C=O) groups is 2. The van der Waals surface area contributed by atoms with Gasteiger partial charge in [0.1, 0.15) is 5.82 Å². The number of Topliss-reactive ketones (excluding diaryl/α,β-unsaturated/α-hetero) is 1. The van der Waals surface area contributed by atoms with Crippen molar-refractivity contribution in [2.24, 2.45) is 13.0 Å². The topological polar surface area (TPSA) is 79.8 Å². The maximum Gasteiger partial charge on any atom is 0.253 e. The van der Waals surface area contributed by atoms with Crippen molar-refractivity contribution in [2.45, 2.75) is 40.7 Å². The number of rotatable bonds is 5. The fourth-order valence-electron chi connectivity index (χ4n) is 2.86. The van der Waals surface area contributed by atoms with Gasteiger partial charge in [-0.2, -0.15) is 0 Å². The monoisotopic (exact) mass is 316 g/mol. The molecule has 0 bridgehead atoms. The number of carbonyl (C=O) groups excluding carboxylic acids is 2. The van der Waals surface area contributed by atoms with Gasteiger partial charge in [-0.05, 0) is 25.3 Å². The first kappa shape index (κ1) is 17.0. The summed E-state index contributed by atoms with van der Waals surface area (Å²) in [6.07, 6.45) is 3.58. The van der Waals surface area contributed by atoms with Gasteiger partial charge in [0, 0.05) is 32.1 Å². The average molecular weight is 316 g/mol. The minimum absolute atomic E-state index is 0.0749. The second-order valence-corrected chi connectivity index (χ2v) is 6.27. The standard InChI is InChI=1S/C17H24N4O2/c1-9(2)14(16-18-7-8-21(16)6)20-17(23)13-10(3)15(12(5)22)19-11(13)4/h7-9,14,19H,1-6H3,(H,20,23)/t14-/m1/s1. The van der Waals surface area contributed by atoms with Gasteiger partial charge >= 0.3 is 0 Å². The van der Waals surface area contributed by atoms with Crippen LogP contribution in [0, 0.1) is 19.8 Å². The highest BCUT2D eigenvalue weighted by Gasteiger charge is 2.26. The molecule has 23 heavy (non-hydrogen) atoms. The van der Waals surface area contributed by atoms with E-state index in [2.05, 4.69) is 15.3 Å². The summed E-state index contributed by atoms with van der Waals surface area (Å²) in [6.45, 7) is 9.17. The first-order valence-corrected chi connectivity index (χ1v) is 7.72. The first-order chi connectivity index (χ1) is 10.7. The van der Waals surface area contributed by atoms with Crippen molar-refractivity contribution >= 4 is 11.7 Å². The number of nitrogens with zero attached hydrogens (tertiary/aromatic N) is 2. The molecule has 0 saturated carbocycles. The third kappa shape index (κ3) is 3.21. The van der Waals surface area contributed by atoms with Gasteiger partial charge in [0.15, 0.2) is 5.78 Å². The van der Waals surface area contributed by atoms with E-state index in [9.17, 15) is 9.59 Å². The lowest BCUT2D eigenvalue weighted by molar-refractivity contribution is 0.0921. The molecule has 0 radical (unpaired) electrons. The van der Waals surface area contributed by atoms with Gasteiger partial charge in [-0.25, -0.2) is 4.98 Å². The largest absolute Gasteiger partial charge is 0.355 e. The van der Waals surface area contributed by atoms with E-state index in [1.165, 1.54) is 6.92 Å². The molecule has 2 aromatic rings. The van der Waals surface area contributed by atoms with Crippen molar-refractivity contribution < 1.29 is 9.59 Å². The van der Waals surface area contributed by atoms with Crippen LogP contribution in [0.15, 0.2) is 12.4 Å². The van der Waals surface area contributed by atoms with E-state index in [1.807, 2.05) is 31.7 Å². The number of nitrogens with one attached hydrogen (secondary N) is 2. The summed E-state index contributed by atoms with van der Waals surface area (Å²) >= 11 is 0. The molecule has 0 fully saturated rings. The van der Waals surface area contributed by atoms with Crippen LogP contribution in [-0.4, -0.2) is 26.2 Å². The summed E-state index contributed by atoms with van der Waals surface area (Å²) in [5.74, 6) is 0.734. The SMILES string of the molecule is CC(=O)c1[nH]c(C)c(C(=O)N[C@@H](c2nccn2C)C(C)C)c1C. The number of hydrogen-bond acceptors (Lipinski definition) is 3. The number of imidazole rings is 1. The Kier molecular flexibility index (Phi) is 4.73. The lowest BCUT2D eigenvalue weighted by Gasteiger charge is -2.22. The smallest absolute Gasteiger partial charge is 0.253 e. The van der Waals surface area contributed by atoms with Crippen molar-refractivity contribution in [3.05, 3.63) is 40.7 Å². The summed E-state index contributed by atoms with van der Waals surface area (Å²) in [4.78, 5) is 31.8. The van der Waals surface area contributed by atoms with Gasteiger partial charge in [0.25, 0.3) is 5.91 Å². The molecule has 1 amide bonds. The zero-order chi connectivity index (χ0) is 17.3. The Morgan fingerprint density at radius 2 is 1.96 bits per heavy atom. The molecule has 0 saturated heterocycles. The summed E-state index contributed by atoms with van der Waals surface area (Å²) in [7, 11) is 1.91. The summed E-state index contributed by atoms with van der Waals surface area (Å²) in [5.41, 5.74) is 2.42. The summed E-state index contributed by atoms with van der Waals surface area (Å²) in [6, 6.07) is -0.197. The van der Waals surface area contributed by atoms with Gasteiger partial charge in [-0.3, -0.25) is 9.59 Å². The second kappa shape index (κ2) is 6.40. The maximum absolute atomic E-state index is 12.8. The van der Waals surface area contributed by atoms with Crippen LogP contribution < -0.4 is 5.32 Å². The number of hydrogen-bond donors (Lipinski definition) is 2. The van der Waals surface area contributed by atoms with E-state index in [-0.39, 0.29) is 23.7 Å². The predicted molar refractivity (Wildman–Crippen MR) is 88.5 cm³/mol. The molecular formula is C17H24N4O2. The molecule has 1 atom stereocenters. The zero-order valence-corrected chi connectivity index (χ0v) is 14.5. The molecule has 2 N–H and O–H groups in total. The molecular weight excluding hydrogens is 292 g/mol. The Bertz CT molecular complexity index is 740. The zero-order valence-electron chi connectivity index (χ0n) is 14.5. The van der Waals surface area contributed by atoms with Crippen molar-refractivity contribution in [3.8, 4) is 0 Å². The molecule has 0 aliphatic rings. The van der Waals surface area contributed by atoms with Crippen molar-refractivity contribution in [3.63, 3.8) is 0 Å². The third-order valence-electron chi connectivity index (χ3n) is 4.11. The number of amides is 1. The van der Waals surface area contributed by atoms with Gasteiger partial charge in [-0.1, -0.05) is 13.8 Å². The fraction of sp³-hybridized carbons (Fsp3) is 0.471. The van der Waals surface area contributed by atoms with Gasteiger partial charge in [-0.15, -0.1) is 0 Å². The molecule has 2 rings (SSSR count). The first-order valence-electron chi connectivity index (χ1n) is 7.72. The van der Waals surface area contributed by atoms with Gasteiger partial charge in [0.2, 0.25) is 0 Å². The molecule has 2 aromatic heterocycles. The van der Waals surface area contributed by atoms with Crippen LogP contribution >= 0.6 is 0 Å². The molecule has 0 aliphatic heterocycles. The molecule has 0 aliphatic carbocycles. The third-order valence-corrected chi connectivity index (χ3v) is 4.11. The van der Waals surface area contributed by atoms with Crippen LogP contribution in [0.3, 0.4) is 0 Å². The van der Waals surface area contributed by atoms with E-state index >= 15 is 0 Å². The average Bonchev–Trinajstić information content (AvgIpc) is 2.99. The van der Waals surface area contributed by atoms with Crippen molar-refractivity contribution in [1.82, 2.24) is 19.9 Å². The van der Waals surface area contributed by atoms with Crippen LogP contribution in [0.2, 0.25) is 0 Å². The minimum atomic E-state index is -0.197. The highest BCUT2D eigenvalue weighted by molar-refractivity contribution is 6.02. The highest BCUT2D eigenvalue weighted by atomic mass is 16.2. The van der Waals surface area contributed by atoms with Crippen molar-refractivity contribution in [1.29, 1.82) is 0 Å². The van der Waals surface area contributed by atoms with Crippen LogP contribution in [0.25, 0.3) is 0 Å². The molecule has 2 heterocycles. The lowest BCUT2D eigenvalue weighted by Crippen LogP contribution is -2.34. The predicted octanol–water partition coefficient (Wildman–Crippen LogP) is 2.69. The summed E-state index contributed by atoms with van der Waals surface area (Å²) < 4.78 is 1.91. The minimum Gasteiger partial charge on any atom is -0.355 e.